The van der Waals surface area contributed by atoms with Crippen LogP contribution >= 0.6 is 0 Å². The van der Waals surface area contributed by atoms with E-state index in [1.165, 1.54) is 0 Å². The number of aliphatic carboxylic acids is 1. The Bertz CT molecular complexity index is 509. The average molecular weight is 374 g/mol. The van der Waals surface area contributed by atoms with Gasteiger partial charge in [0.2, 0.25) is 11.8 Å². The molecule has 0 saturated carbocycles. The molecule has 0 heterocycles. The Balaban J connectivity index is 4.83. The molecule has 0 aliphatic carbocycles. The van der Waals surface area contributed by atoms with Crippen LogP contribution in [0.2, 0.25) is 0 Å². The smallest absolute Gasteiger partial charge is 0.328 e. The van der Waals surface area contributed by atoms with Crippen LogP contribution in [0.15, 0.2) is 4.99 Å². The van der Waals surface area contributed by atoms with E-state index in [4.69, 9.17) is 27.4 Å². The van der Waals surface area contributed by atoms with Crippen LogP contribution in [0.25, 0.3) is 0 Å². The molecule has 4 unspecified atom stereocenters. The van der Waals surface area contributed by atoms with Crippen LogP contribution in [0.3, 0.4) is 0 Å². The number of carboxylic acids is 1. The standard InChI is InChI=1S/C15H30N6O5/c1-3-8(2)11(13(24)20-10(7-22)14(25)26)21-12(23)9(16)5-4-6-19-15(17)18/h8-11,22H,3-7,16H2,1-2H3,(H,20,24)(H,21,23)(H,25,26)(H4,17,18,19). The lowest BCUT2D eigenvalue weighted by Crippen LogP contribution is -2.57. The van der Waals surface area contributed by atoms with Gasteiger partial charge in [-0.15, -0.1) is 0 Å². The third-order valence-electron chi connectivity index (χ3n) is 3.89. The van der Waals surface area contributed by atoms with Crippen molar-refractivity contribution in [3.8, 4) is 0 Å². The molecule has 11 nitrogen and oxygen atoms in total. The van der Waals surface area contributed by atoms with Crippen LogP contribution in [0.4, 0.5) is 0 Å². The molecule has 0 saturated heterocycles. The van der Waals surface area contributed by atoms with Gasteiger partial charge < -0.3 is 38.0 Å². The molecule has 0 fully saturated rings. The minimum absolute atomic E-state index is 0.0478. The number of carbonyl (C=O) groups excluding carboxylic acids is 2. The summed E-state index contributed by atoms with van der Waals surface area (Å²) in [6.07, 6.45) is 1.36. The summed E-state index contributed by atoms with van der Waals surface area (Å²) >= 11 is 0. The van der Waals surface area contributed by atoms with Gasteiger partial charge >= 0.3 is 5.97 Å². The van der Waals surface area contributed by atoms with Crippen molar-refractivity contribution in [1.82, 2.24) is 10.6 Å². The number of nitrogens with zero attached hydrogens (tertiary/aromatic N) is 1. The number of amides is 2. The third kappa shape index (κ3) is 8.62. The van der Waals surface area contributed by atoms with Gasteiger partial charge in [0.05, 0.1) is 12.6 Å². The van der Waals surface area contributed by atoms with E-state index in [9.17, 15) is 14.4 Å². The Hall–Kier alpha value is -2.40. The lowest BCUT2D eigenvalue weighted by molar-refractivity contribution is -0.143. The van der Waals surface area contributed by atoms with Crippen LogP contribution in [0.5, 0.6) is 0 Å². The Morgan fingerprint density at radius 3 is 2.23 bits per heavy atom. The Labute approximate surface area is 152 Å². The largest absolute Gasteiger partial charge is 0.480 e. The summed E-state index contributed by atoms with van der Waals surface area (Å²) in [7, 11) is 0. The monoisotopic (exact) mass is 374 g/mol. The van der Waals surface area contributed by atoms with Gasteiger partial charge in [0.1, 0.15) is 12.1 Å². The molecule has 11 heteroatoms. The van der Waals surface area contributed by atoms with Crippen molar-refractivity contribution in [2.45, 2.75) is 51.2 Å². The zero-order valence-electron chi connectivity index (χ0n) is 15.1. The van der Waals surface area contributed by atoms with Crippen LogP contribution in [0, 0.1) is 5.92 Å². The Kier molecular flexibility index (Phi) is 10.9. The molecular formula is C15H30N6O5. The molecule has 0 aliphatic heterocycles. The highest BCUT2D eigenvalue weighted by molar-refractivity contribution is 5.92. The summed E-state index contributed by atoms with van der Waals surface area (Å²) in [6, 6.07) is -3.28. The Morgan fingerprint density at radius 1 is 1.15 bits per heavy atom. The van der Waals surface area contributed by atoms with Gasteiger partial charge in [0, 0.05) is 6.54 Å². The molecule has 26 heavy (non-hydrogen) atoms. The lowest BCUT2D eigenvalue weighted by atomic mass is 9.97. The second-order valence-corrected chi connectivity index (χ2v) is 6.01. The zero-order chi connectivity index (χ0) is 20.3. The number of guanidine groups is 1. The van der Waals surface area contributed by atoms with E-state index < -0.39 is 42.5 Å². The first-order valence-electron chi connectivity index (χ1n) is 8.39. The second-order valence-electron chi connectivity index (χ2n) is 6.01. The number of nitrogens with two attached hydrogens (primary N) is 3. The SMILES string of the molecule is CCC(C)C(NC(=O)C(N)CCCN=C(N)N)C(=O)NC(CO)C(=O)O. The van der Waals surface area contributed by atoms with Gasteiger partial charge in [-0.25, -0.2) is 4.79 Å². The van der Waals surface area contributed by atoms with Crippen LogP contribution < -0.4 is 27.8 Å². The quantitative estimate of drug-likeness (QED) is 0.110. The third-order valence-corrected chi connectivity index (χ3v) is 3.89. The summed E-state index contributed by atoms with van der Waals surface area (Å²) in [5.41, 5.74) is 16.2. The summed E-state index contributed by atoms with van der Waals surface area (Å²) in [5, 5.41) is 22.7. The topological polar surface area (TPSA) is 206 Å². The first-order chi connectivity index (χ1) is 12.1. The van der Waals surface area contributed by atoms with Crippen molar-refractivity contribution >= 4 is 23.7 Å². The average Bonchev–Trinajstić information content (AvgIpc) is 2.59. The van der Waals surface area contributed by atoms with Crippen molar-refractivity contribution in [3.63, 3.8) is 0 Å². The molecule has 0 aromatic heterocycles. The molecule has 150 valence electrons. The molecule has 2 amide bonds. The minimum Gasteiger partial charge on any atom is -0.480 e. The van der Waals surface area contributed by atoms with Gasteiger partial charge in [-0.05, 0) is 18.8 Å². The van der Waals surface area contributed by atoms with Crippen molar-refractivity contribution in [2.75, 3.05) is 13.2 Å². The first-order valence-corrected chi connectivity index (χ1v) is 8.39. The number of aliphatic imine (C=N–C) groups is 1. The van der Waals surface area contributed by atoms with E-state index in [1.807, 2.05) is 6.92 Å². The van der Waals surface area contributed by atoms with Crippen molar-refractivity contribution in [3.05, 3.63) is 0 Å². The van der Waals surface area contributed by atoms with Gasteiger partial charge in [-0.2, -0.15) is 0 Å². The predicted octanol–water partition coefficient (Wildman–Crippen LogP) is -2.54. The van der Waals surface area contributed by atoms with E-state index in [2.05, 4.69) is 15.6 Å². The van der Waals surface area contributed by atoms with Gasteiger partial charge in [0.15, 0.2) is 5.96 Å². The number of aliphatic hydroxyl groups excluding tert-OH is 1. The van der Waals surface area contributed by atoms with E-state index in [1.54, 1.807) is 6.92 Å². The van der Waals surface area contributed by atoms with Gasteiger partial charge in [-0.1, -0.05) is 20.3 Å². The van der Waals surface area contributed by atoms with Crippen LogP contribution in [0.1, 0.15) is 33.1 Å². The maximum Gasteiger partial charge on any atom is 0.328 e. The molecule has 0 spiro atoms. The highest BCUT2D eigenvalue weighted by Crippen LogP contribution is 2.09. The fourth-order valence-electron chi connectivity index (χ4n) is 2.06. The fourth-order valence-corrected chi connectivity index (χ4v) is 2.06. The van der Waals surface area contributed by atoms with E-state index >= 15 is 0 Å². The zero-order valence-corrected chi connectivity index (χ0v) is 15.1. The number of hydrogen-bond donors (Lipinski definition) is 7. The number of carboxylic acid groups (broad SMARTS) is 1. The number of nitrogens with one attached hydrogen (secondary N) is 2. The molecular weight excluding hydrogens is 344 g/mol. The molecule has 10 N–H and O–H groups in total. The van der Waals surface area contributed by atoms with Crippen molar-refractivity contribution in [2.24, 2.45) is 28.1 Å². The van der Waals surface area contributed by atoms with E-state index in [0.29, 0.717) is 25.8 Å². The van der Waals surface area contributed by atoms with Crippen LogP contribution in [-0.2, 0) is 14.4 Å². The minimum atomic E-state index is -1.45. The maximum atomic E-state index is 12.3. The summed E-state index contributed by atoms with van der Waals surface area (Å²) in [6.45, 7) is 3.14. The number of rotatable bonds is 12. The number of aliphatic hydroxyl groups is 1. The highest BCUT2D eigenvalue weighted by Gasteiger charge is 2.30. The maximum absolute atomic E-state index is 12.3. The Morgan fingerprint density at radius 2 is 1.77 bits per heavy atom. The molecule has 0 bridgehead atoms. The summed E-state index contributed by atoms with van der Waals surface area (Å²) in [4.78, 5) is 39.3. The number of hydrogen-bond acceptors (Lipinski definition) is 6. The highest BCUT2D eigenvalue weighted by atomic mass is 16.4. The fraction of sp³-hybridized carbons (Fsp3) is 0.733. The van der Waals surface area contributed by atoms with E-state index in [0.717, 1.165) is 0 Å². The summed E-state index contributed by atoms with van der Waals surface area (Å²) in [5.74, 6) is -2.91. The first kappa shape index (κ1) is 23.6. The van der Waals surface area contributed by atoms with Crippen molar-refractivity contribution in [1.29, 1.82) is 0 Å². The van der Waals surface area contributed by atoms with Crippen molar-refractivity contribution < 1.29 is 24.6 Å². The normalized spacial score (nSPS) is 15.2. The lowest BCUT2D eigenvalue weighted by Gasteiger charge is -2.26. The second kappa shape index (κ2) is 12.0. The molecule has 0 aromatic carbocycles. The predicted molar refractivity (Wildman–Crippen MR) is 95.9 cm³/mol. The number of carbonyl (C=O) groups is 3. The molecule has 0 radical (unpaired) electrons. The molecule has 4 atom stereocenters. The molecule has 0 rings (SSSR count). The van der Waals surface area contributed by atoms with Crippen LogP contribution in [-0.4, -0.2) is 65.2 Å². The molecule has 0 aromatic rings. The van der Waals surface area contributed by atoms with Gasteiger partial charge in [-0.3, -0.25) is 14.6 Å². The van der Waals surface area contributed by atoms with Gasteiger partial charge in [0.25, 0.3) is 0 Å². The van der Waals surface area contributed by atoms with E-state index in [-0.39, 0.29) is 11.9 Å². The summed E-state index contributed by atoms with van der Waals surface area (Å²) < 4.78 is 0. The molecule has 0 aliphatic rings.